The van der Waals surface area contributed by atoms with Gasteiger partial charge in [0.25, 0.3) is 0 Å². The average Bonchev–Trinajstić information content (AvgIpc) is 1.62. The van der Waals surface area contributed by atoms with Gasteiger partial charge in [-0.3, -0.25) is 32.9 Å². The van der Waals surface area contributed by atoms with Crippen LogP contribution >= 0.6 is 83.0 Å². The highest BCUT2D eigenvalue weighted by atomic mass is 79.9. The summed E-state index contributed by atoms with van der Waals surface area (Å²) < 4.78 is 200. The van der Waals surface area contributed by atoms with E-state index in [0.717, 1.165) is 40.3 Å². The number of rotatable bonds is 3. The van der Waals surface area contributed by atoms with Crippen molar-refractivity contribution < 1.29 is 90.3 Å². The summed E-state index contributed by atoms with van der Waals surface area (Å²) in [5.41, 5.74) is 28.1. The first-order chi connectivity index (χ1) is 58.8. The Labute approximate surface area is 773 Å². The number of fused-ring (bicyclic) bond motifs is 9. The lowest BCUT2D eigenvalue weighted by Gasteiger charge is -2.36. The Balaban J connectivity index is 0.000000261. The lowest BCUT2D eigenvalue weighted by atomic mass is 9.85. The minimum atomic E-state index is -3.22. The summed E-state index contributed by atoms with van der Waals surface area (Å²) >= 11 is 25.1. The quantitative estimate of drug-likeness (QED) is 0.0195. The number of aliphatic carboxylic acids is 1. The summed E-state index contributed by atoms with van der Waals surface area (Å²) in [6, 6.07) is 7.82. The van der Waals surface area contributed by atoms with Gasteiger partial charge in [0.15, 0.2) is 98.9 Å². The molecule has 15 N–H and O–H groups in total. The second-order valence-electron chi connectivity index (χ2n) is 33.4. The second kappa shape index (κ2) is 42.8. The van der Waals surface area contributed by atoms with Crippen LogP contribution in [0.4, 0.5) is 101 Å². The molecule has 7 heterocycles. The molecule has 9 aromatic rings. The van der Waals surface area contributed by atoms with E-state index in [1.807, 2.05) is 41.5 Å². The normalized spacial score (nSPS) is 15.0. The lowest BCUT2D eigenvalue weighted by molar-refractivity contribution is -0.142. The van der Waals surface area contributed by atoms with Crippen molar-refractivity contribution >= 4 is 157 Å². The maximum atomic E-state index is 14.3. The number of anilines is 7. The van der Waals surface area contributed by atoms with E-state index < -0.39 is 126 Å². The second-order valence-corrected chi connectivity index (χ2v) is 42.1. The topological polar surface area (TPSA) is 356 Å². The van der Waals surface area contributed by atoms with Crippen LogP contribution in [0.5, 0.6) is 0 Å². The molecule has 23 nitrogen and oxygen atoms in total. The van der Waals surface area contributed by atoms with E-state index in [-0.39, 0.29) is 79.2 Å². The molecule has 0 spiro atoms. The number of ketones is 2. The van der Waals surface area contributed by atoms with Crippen molar-refractivity contribution in [2.24, 2.45) is 16.6 Å². The standard InChI is InChI=1S/C14H17F2N3O.C13H13BrF2N4.C13H14F2N4.C12H13F2NO.C12H13F2NS.C7H6BrF2N.C7H7F2N.C4H9NO2.C3H7NO.Cl3OP/c1-7-5-10(15)12(16)13-9(7)6-11(14(3,4)17-13)19-18-8(2)20;1-5-7(14)8(15)9(16)10-11(5)20-6(2)18-19-12(20)13(3,4)17-10;1-6-5-8(14)9(15)10-11(6)19-7(2)17-18-12(19)13(3,4)16-10;2*1-6-4-8(13)10(14)11-7(6)5-9(16)12(2,3)15-11;1-3-2-4(9)6(10)5(8)7(3)11;1-4-2-5(8)6(9)3-7(4)10;1-4(2,5)3(6)7;1-3(5)2-4;1-5(2,3)4/h5,17H,6H2,1-4H3,(H,18,20);17H,1-4H3;5,16H,1-4H3;2*4,15H,5H2,1-3H3;2H,11H2,1H3;2-3H,10H2,1H3;5H2,1-2H3,(H,6,7);2,4H2,1H3;/b19-11+;;;;;;;;;. The maximum Gasteiger partial charge on any atom is 0.339 e. The van der Waals surface area contributed by atoms with Crippen LogP contribution in [0, 0.1) is 144 Å². The summed E-state index contributed by atoms with van der Waals surface area (Å²) in [6.07, 6.45) is 1.03. The minimum Gasteiger partial charge on any atom is -0.480 e. The third-order valence-corrected chi connectivity index (χ3v) is 22.4. The van der Waals surface area contributed by atoms with E-state index in [0.29, 0.717) is 97.7 Å². The van der Waals surface area contributed by atoms with Crippen LogP contribution in [0.3, 0.4) is 0 Å². The summed E-state index contributed by atoms with van der Waals surface area (Å²) in [5, 5.41) is 40.1. The largest absolute Gasteiger partial charge is 0.480 e. The number of carbonyl (C=O) groups is 4. The van der Waals surface area contributed by atoms with Gasteiger partial charge in [0, 0.05) is 42.8 Å². The number of halogens is 19. The van der Waals surface area contributed by atoms with Crippen molar-refractivity contribution in [3.05, 3.63) is 212 Å². The van der Waals surface area contributed by atoms with E-state index in [1.54, 1.807) is 99.1 Å². The van der Waals surface area contributed by atoms with Crippen LogP contribution in [-0.4, -0.2) is 97.4 Å². The number of nitrogens with zero attached hydrogens (tertiary/aromatic N) is 7. The van der Waals surface area contributed by atoms with E-state index in [9.17, 15) is 85.2 Å². The first-order valence-electron chi connectivity index (χ1n) is 38.6. The number of hydrogen-bond donors (Lipinski definition) is 11. The molecule has 129 heavy (non-hydrogen) atoms. The number of carboxylic acids is 1. The third kappa shape index (κ3) is 26.9. The number of nitrogen functional groups attached to an aromatic ring is 2. The van der Waals surface area contributed by atoms with Crippen molar-refractivity contribution in [3.8, 4) is 11.4 Å². The van der Waals surface area contributed by atoms with Crippen LogP contribution in [0.2, 0.25) is 0 Å². The van der Waals surface area contributed by atoms with Crippen LogP contribution in [0.15, 0.2) is 56.5 Å². The van der Waals surface area contributed by atoms with Crippen molar-refractivity contribution in [2.45, 2.75) is 212 Å². The first kappa shape index (κ1) is 110. The molecule has 0 fully saturated rings. The molecule has 44 heteroatoms. The number of aromatic nitrogens is 6. The van der Waals surface area contributed by atoms with Gasteiger partial charge in [0.2, 0.25) is 5.91 Å². The first-order valence-corrected chi connectivity index (χ1v) is 45.0. The van der Waals surface area contributed by atoms with Crippen LogP contribution in [0.25, 0.3) is 11.4 Å². The Kier molecular flexibility index (Phi) is 36.5. The maximum absolute atomic E-state index is 14.3. The van der Waals surface area contributed by atoms with Gasteiger partial charge in [-0.25, -0.2) is 66.9 Å². The number of nitrogens with two attached hydrogens (primary N) is 4. The van der Waals surface area contributed by atoms with Crippen molar-refractivity contribution in [2.75, 3.05) is 44.6 Å². The zero-order valence-electron chi connectivity index (χ0n) is 74.3. The fourth-order valence-corrected chi connectivity index (χ4v) is 13.6. The molecule has 0 unspecified atom stereocenters. The number of Topliss-reactive ketones (excluding diaryl/α,β-unsaturated/α-hetero) is 2. The van der Waals surface area contributed by atoms with Crippen LogP contribution in [0.1, 0.15) is 176 Å². The predicted octanol–water partition coefficient (Wildman–Crippen LogP) is 21.5. The monoisotopic (exact) mass is 2050 g/mol. The Hall–Kier alpha value is -9.54. The molecule has 0 bridgehead atoms. The van der Waals surface area contributed by atoms with E-state index in [2.05, 4.69) is 123 Å². The predicted molar refractivity (Wildman–Crippen MR) is 488 cm³/mol. The number of carboxylic acid groups (broad SMARTS) is 1. The molecule has 14 rings (SSSR count). The fraction of sp³-hybridized carbons (Fsp3) is 0.388. The van der Waals surface area contributed by atoms with Gasteiger partial charge in [-0.05, 0) is 310 Å². The molecule has 5 aliphatic rings. The zero-order valence-corrected chi connectivity index (χ0v) is 81.5. The molecular formula is C85H99Br2Cl3F14N17O6PS. The van der Waals surface area contributed by atoms with Gasteiger partial charge in [0.05, 0.1) is 94.4 Å². The van der Waals surface area contributed by atoms with Crippen molar-refractivity contribution in [1.29, 1.82) is 0 Å². The van der Waals surface area contributed by atoms with Crippen LogP contribution < -0.4 is 54.9 Å². The molecule has 0 saturated carbocycles. The SMILES string of the molecule is CC(=O)CN.CC(=O)N/N=C1\Cc2c(C)cc(F)c(F)c2NC1(C)C.CC(C)(N)C(=O)O.Cc1c(Br)c(F)c(F)c2c1-n1c(C)nnc1C(C)(C)N2.Cc1cc(F)c(F)c(Br)c1N.Cc1cc(F)c(F)c2c1-n1c(C)nnc1C(C)(C)N2.Cc1cc(F)c(F)c2c1CC(=O)C(C)(C)N2.Cc1cc(F)c(F)c2c1CC(=S)C(C)(C)N2.Cc1cc(F)c(F)cc1N.O=P(Cl)(Cl)Cl. The summed E-state index contributed by atoms with van der Waals surface area (Å²) in [7, 11) is 0. The van der Waals surface area contributed by atoms with Crippen molar-refractivity contribution in [1.82, 2.24) is 35.0 Å². The Morgan fingerprint density at radius 1 is 0.504 bits per heavy atom. The molecule has 0 atom stereocenters. The Bertz CT molecular complexity index is 5780. The van der Waals surface area contributed by atoms with E-state index in [4.69, 9.17) is 40.3 Å². The molecule has 0 saturated heterocycles. The Morgan fingerprint density at radius 2 is 0.837 bits per heavy atom. The molecule has 7 aromatic carbocycles. The van der Waals surface area contributed by atoms with Gasteiger partial charge in [-0.1, -0.05) is 12.2 Å². The number of aryl methyl sites for hydroxylation is 8. The van der Waals surface area contributed by atoms with Gasteiger partial charge in [-0.2, -0.15) is 5.10 Å². The molecule has 5 aliphatic heterocycles. The Morgan fingerprint density at radius 3 is 1.24 bits per heavy atom. The number of hydrogen-bond acceptors (Lipinski definition) is 20. The fourth-order valence-electron chi connectivity index (χ4n) is 12.6. The highest BCUT2D eigenvalue weighted by Crippen LogP contribution is 2.61. The number of nitrogens with one attached hydrogen (secondary N) is 6. The minimum absolute atomic E-state index is 0.00463. The highest BCUT2D eigenvalue weighted by molar-refractivity contribution is 9.11. The van der Waals surface area contributed by atoms with Crippen molar-refractivity contribution in [3.63, 3.8) is 0 Å². The summed E-state index contributed by atoms with van der Waals surface area (Å²) in [5.74, 6) is -10.8. The molecule has 1 amide bonds. The number of amides is 1. The molecule has 704 valence electrons. The number of thiocarbonyl (C=S) groups is 1. The molecule has 2 aromatic heterocycles. The number of benzene rings is 7. The third-order valence-electron chi connectivity index (χ3n) is 20.0. The van der Waals surface area contributed by atoms with Gasteiger partial charge < -0.3 is 54.6 Å². The number of carbonyl (C=O) groups excluding carboxylic acids is 3. The smallest absolute Gasteiger partial charge is 0.339 e. The molecular weight excluding hydrogens is 1950 g/mol. The van der Waals surface area contributed by atoms with Crippen LogP contribution in [-0.2, 0) is 54.1 Å². The van der Waals surface area contributed by atoms with Gasteiger partial charge in [-0.15, -0.1) is 20.4 Å². The van der Waals surface area contributed by atoms with Gasteiger partial charge in [0.1, 0.15) is 23.0 Å². The molecule has 0 aliphatic carbocycles. The average molecular weight is 2050 g/mol. The van der Waals surface area contributed by atoms with Gasteiger partial charge >= 0.3 is 11.2 Å². The number of hydrazone groups is 1. The summed E-state index contributed by atoms with van der Waals surface area (Å²) in [4.78, 5) is 43.1. The molecule has 0 radical (unpaired) electrons. The summed E-state index contributed by atoms with van der Waals surface area (Å²) in [6.45, 7) is 39.4. The van der Waals surface area contributed by atoms with E-state index in [1.165, 1.54) is 45.9 Å². The van der Waals surface area contributed by atoms with E-state index >= 15 is 0 Å². The zero-order chi connectivity index (χ0) is 99.2. The lowest BCUT2D eigenvalue weighted by Crippen LogP contribution is -2.46. The highest BCUT2D eigenvalue weighted by Gasteiger charge is 2.42.